The molecule has 2 aromatic heterocycles. The van der Waals surface area contributed by atoms with Gasteiger partial charge >= 0.3 is 12.6 Å². The van der Waals surface area contributed by atoms with Crippen LogP contribution in [0.5, 0.6) is 5.19 Å². The number of hydrogen-bond donors (Lipinski definition) is 0. The van der Waals surface area contributed by atoms with Crippen molar-refractivity contribution in [2.24, 2.45) is 0 Å². The Morgan fingerprint density at radius 3 is 1.95 bits per heavy atom. The molecule has 0 N–H and O–H groups in total. The third-order valence-electron chi connectivity index (χ3n) is 2.20. The molecule has 0 amide bonds. The van der Waals surface area contributed by atoms with Crippen molar-refractivity contribution < 1.29 is 31.2 Å². The molecule has 0 radical (unpaired) electrons. The van der Waals surface area contributed by atoms with Crippen LogP contribution in [0.1, 0.15) is 9.75 Å². The number of alkyl halides is 6. The van der Waals surface area contributed by atoms with Crippen LogP contribution < -0.4 is 4.84 Å². The molecule has 3 nitrogen and oxygen atoms in total. The highest BCUT2D eigenvalue weighted by Crippen LogP contribution is 2.40. The molecule has 0 unspecified atom stereocenters. The fourth-order valence-electron chi connectivity index (χ4n) is 1.47. The van der Waals surface area contributed by atoms with Crippen LogP contribution in [0.4, 0.5) is 26.3 Å². The van der Waals surface area contributed by atoms with Gasteiger partial charge < -0.3 is 4.84 Å². The zero-order chi connectivity index (χ0) is 15.3. The molecule has 0 aliphatic heterocycles. The zero-order valence-electron chi connectivity index (χ0n) is 9.89. The highest BCUT2D eigenvalue weighted by Gasteiger charge is 2.57. The van der Waals surface area contributed by atoms with Gasteiger partial charge in [0, 0.05) is 9.75 Å². The maximum atomic E-state index is 12.3. The molecule has 0 aromatic carbocycles. The number of hydroxylamine groups is 2. The van der Waals surface area contributed by atoms with Crippen LogP contribution in [0.2, 0.25) is 0 Å². The van der Waals surface area contributed by atoms with Crippen LogP contribution in [0.3, 0.4) is 0 Å². The van der Waals surface area contributed by atoms with Crippen molar-refractivity contribution in [3.05, 3.63) is 9.75 Å². The van der Waals surface area contributed by atoms with E-state index in [0.717, 1.165) is 4.88 Å². The molecule has 0 spiro atoms. The first kappa shape index (κ1) is 15.3. The minimum absolute atomic E-state index is 0.358. The van der Waals surface area contributed by atoms with Gasteiger partial charge in [0.15, 0.2) is 0 Å². The topological polar surface area (TPSA) is 25.4 Å². The van der Waals surface area contributed by atoms with Crippen LogP contribution >= 0.6 is 22.7 Å². The number of aromatic nitrogens is 1. The van der Waals surface area contributed by atoms with E-state index in [1.807, 2.05) is 0 Å². The largest absolute Gasteiger partial charge is 0.500 e. The number of nitrogens with zero attached hydrogens (tertiary/aromatic N) is 2. The van der Waals surface area contributed by atoms with E-state index < -0.39 is 22.9 Å². The molecule has 2 rings (SSSR count). The van der Waals surface area contributed by atoms with Gasteiger partial charge in [-0.1, -0.05) is 11.3 Å². The second-order valence-electron chi connectivity index (χ2n) is 3.69. The van der Waals surface area contributed by atoms with Crippen LogP contribution in [-0.2, 0) is 0 Å². The van der Waals surface area contributed by atoms with Crippen molar-refractivity contribution in [3.8, 4) is 5.19 Å². The molecule has 0 aliphatic carbocycles. The van der Waals surface area contributed by atoms with Crippen molar-refractivity contribution >= 4 is 32.9 Å². The fourth-order valence-corrected chi connectivity index (χ4v) is 3.54. The summed E-state index contributed by atoms with van der Waals surface area (Å²) in [6, 6.07) is 0. The minimum Gasteiger partial charge on any atom is -0.358 e. The highest BCUT2D eigenvalue weighted by atomic mass is 32.1. The van der Waals surface area contributed by atoms with Crippen LogP contribution in [0.15, 0.2) is 0 Å². The second-order valence-corrected chi connectivity index (χ2v) is 6.08. The average molecular weight is 336 g/mol. The maximum absolute atomic E-state index is 12.3. The summed E-state index contributed by atoms with van der Waals surface area (Å²) in [4.78, 5) is 9.02. The van der Waals surface area contributed by atoms with E-state index in [9.17, 15) is 26.3 Å². The fraction of sp³-hybridized carbons (Fsp3) is 0.444. The molecule has 0 bridgehead atoms. The quantitative estimate of drug-likeness (QED) is 0.455. The van der Waals surface area contributed by atoms with E-state index in [1.54, 1.807) is 13.8 Å². The Labute approximate surface area is 116 Å². The summed E-state index contributed by atoms with van der Waals surface area (Å²) in [5.74, 6) is 0. The summed E-state index contributed by atoms with van der Waals surface area (Å²) in [7, 11) is 0. The minimum atomic E-state index is -5.71. The van der Waals surface area contributed by atoms with Gasteiger partial charge in [-0.05, 0) is 13.8 Å². The van der Waals surface area contributed by atoms with E-state index in [1.165, 1.54) is 11.3 Å². The molecule has 11 heteroatoms. The number of hydrogen-bond acceptors (Lipinski definition) is 5. The Balaban J connectivity index is 2.36. The van der Waals surface area contributed by atoms with E-state index in [-0.39, 0.29) is 0 Å². The molecular formula is C9H6F6N2OS2. The third-order valence-corrected chi connectivity index (χ3v) is 4.38. The van der Waals surface area contributed by atoms with Crippen LogP contribution in [0, 0.1) is 13.8 Å². The monoisotopic (exact) mass is 336 g/mol. The predicted molar refractivity (Wildman–Crippen MR) is 61.5 cm³/mol. The lowest BCUT2D eigenvalue weighted by molar-refractivity contribution is -0.455. The molecule has 2 aromatic rings. The summed E-state index contributed by atoms with van der Waals surface area (Å²) >= 11 is 2.00. The summed E-state index contributed by atoms with van der Waals surface area (Å²) in [6.07, 6.45) is -11.4. The van der Waals surface area contributed by atoms with Gasteiger partial charge in [0.05, 0.1) is 15.3 Å². The first-order valence-corrected chi connectivity index (χ1v) is 6.61. The molecule has 0 saturated carbocycles. The third kappa shape index (κ3) is 2.83. The SMILES string of the molecule is Cc1sc(C)c2sc(ON(C(F)(F)F)C(F)(F)F)nc12. The first-order valence-electron chi connectivity index (χ1n) is 4.98. The van der Waals surface area contributed by atoms with Gasteiger partial charge in [0.2, 0.25) is 0 Å². The van der Waals surface area contributed by atoms with Crippen molar-refractivity contribution in [2.45, 2.75) is 26.4 Å². The van der Waals surface area contributed by atoms with Crippen molar-refractivity contribution in [1.29, 1.82) is 0 Å². The van der Waals surface area contributed by atoms with Crippen molar-refractivity contribution in [3.63, 3.8) is 0 Å². The van der Waals surface area contributed by atoms with E-state index in [4.69, 9.17) is 0 Å². The molecule has 20 heavy (non-hydrogen) atoms. The van der Waals surface area contributed by atoms with Gasteiger partial charge in [0.1, 0.15) is 0 Å². The number of rotatable bonds is 2. The number of thiazole rings is 1. The van der Waals surface area contributed by atoms with Gasteiger partial charge in [-0.2, -0.15) is 26.3 Å². The molecule has 0 atom stereocenters. The van der Waals surface area contributed by atoms with E-state index in [2.05, 4.69) is 9.82 Å². The summed E-state index contributed by atoms with van der Waals surface area (Å²) < 4.78 is 74.3. The Bertz CT molecular complexity index is 580. The maximum Gasteiger partial charge on any atom is 0.500 e. The Morgan fingerprint density at radius 2 is 1.50 bits per heavy atom. The summed E-state index contributed by atoms with van der Waals surface area (Å²) in [5.41, 5.74) is 0.358. The van der Waals surface area contributed by atoms with Crippen LogP contribution in [-0.4, -0.2) is 22.6 Å². The zero-order valence-corrected chi connectivity index (χ0v) is 11.5. The first-order chi connectivity index (χ1) is 9.00. The normalized spacial score (nSPS) is 13.4. The molecule has 2 heterocycles. The highest BCUT2D eigenvalue weighted by molar-refractivity contribution is 7.25. The Morgan fingerprint density at radius 1 is 0.950 bits per heavy atom. The molecule has 0 saturated heterocycles. The number of halogens is 6. The number of aryl methyl sites for hydroxylation is 2. The van der Waals surface area contributed by atoms with Gasteiger partial charge in [-0.15, -0.1) is 11.3 Å². The van der Waals surface area contributed by atoms with Gasteiger partial charge in [0.25, 0.3) is 5.19 Å². The van der Waals surface area contributed by atoms with E-state index in [0.29, 0.717) is 26.4 Å². The smallest absolute Gasteiger partial charge is 0.358 e. The molecular weight excluding hydrogens is 330 g/mol. The van der Waals surface area contributed by atoms with Crippen LogP contribution in [0.25, 0.3) is 10.2 Å². The standard InChI is InChI=1S/C9H6F6N2OS2/c1-3-5-6(4(2)19-3)20-7(16-5)18-17(8(10,11)12)9(13,14)15/h1-2H3. The lowest BCUT2D eigenvalue weighted by atomic mass is 10.4. The predicted octanol–water partition coefficient (Wildman–Crippen LogP) is 4.61. The Kier molecular flexibility index (Phi) is 3.63. The Hall–Kier alpha value is -1.07. The second kappa shape index (κ2) is 4.74. The van der Waals surface area contributed by atoms with Crippen molar-refractivity contribution in [1.82, 2.24) is 10.0 Å². The summed E-state index contributed by atoms with van der Waals surface area (Å²) in [5, 5.41) is -2.67. The number of fused-ring (bicyclic) bond motifs is 1. The number of thiophene rings is 1. The molecule has 0 fully saturated rings. The van der Waals surface area contributed by atoms with Gasteiger partial charge in [-0.25, -0.2) is 4.98 Å². The van der Waals surface area contributed by atoms with Gasteiger partial charge in [-0.3, -0.25) is 0 Å². The molecule has 0 aliphatic rings. The lowest BCUT2D eigenvalue weighted by Gasteiger charge is -2.24. The summed E-state index contributed by atoms with van der Waals surface area (Å²) in [6.45, 7) is 3.38. The lowest BCUT2D eigenvalue weighted by Crippen LogP contribution is -2.50. The molecule has 112 valence electrons. The van der Waals surface area contributed by atoms with Crippen molar-refractivity contribution in [2.75, 3.05) is 0 Å². The average Bonchev–Trinajstić information content (AvgIpc) is 2.75. The van der Waals surface area contributed by atoms with E-state index >= 15 is 0 Å².